The number of halogens is 1. The quantitative estimate of drug-likeness (QED) is 0.241. The number of carbonyl (C=O) groups excluding carboxylic acids is 1. The van der Waals surface area contributed by atoms with Gasteiger partial charge in [0.2, 0.25) is 5.89 Å². The third kappa shape index (κ3) is 5.68. The van der Waals surface area contributed by atoms with Crippen molar-refractivity contribution in [3.8, 4) is 17.1 Å². The van der Waals surface area contributed by atoms with E-state index in [9.17, 15) is 9.18 Å². The van der Waals surface area contributed by atoms with Gasteiger partial charge in [0.05, 0.1) is 11.4 Å². The largest absolute Gasteiger partial charge is 0.447 e. The third-order valence-corrected chi connectivity index (χ3v) is 7.68. The molecule has 3 heterocycles. The van der Waals surface area contributed by atoms with Gasteiger partial charge in [0.1, 0.15) is 12.1 Å². The van der Waals surface area contributed by atoms with Crippen molar-refractivity contribution in [1.82, 2.24) is 29.5 Å². The van der Waals surface area contributed by atoms with Crippen LogP contribution in [0.5, 0.6) is 0 Å². The van der Waals surface area contributed by atoms with Crippen LogP contribution in [0.2, 0.25) is 0 Å². The minimum atomic E-state index is -0.380. The van der Waals surface area contributed by atoms with Crippen molar-refractivity contribution in [2.45, 2.75) is 17.5 Å². The Morgan fingerprint density at radius 2 is 1.57 bits per heavy atom. The Kier molecular flexibility index (Phi) is 7.69. The summed E-state index contributed by atoms with van der Waals surface area (Å²) < 4.78 is 22.2. The van der Waals surface area contributed by atoms with E-state index in [-0.39, 0.29) is 17.4 Å². The molecule has 0 bridgehead atoms. The second-order valence-electron chi connectivity index (χ2n) is 9.43. The van der Waals surface area contributed by atoms with E-state index in [4.69, 9.17) is 4.42 Å². The summed E-state index contributed by atoms with van der Waals surface area (Å²) in [4.78, 5) is 21.7. The highest BCUT2D eigenvalue weighted by Gasteiger charge is 2.25. The number of benzene rings is 3. The molecule has 8 nitrogen and oxygen atoms in total. The first kappa shape index (κ1) is 26.0. The van der Waals surface area contributed by atoms with Crippen molar-refractivity contribution in [2.75, 3.05) is 26.2 Å². The molecule has 0 radical (unpaired) electrons. The average Bonchev–Trinajstić information content (AvgIpc) is 3.65. The molecule has 202 valence electrons. The molecule has 3 aromatic carbocycles. The maximum Gasteiger partial charge on any atom is 0.275 e. The van der Waals surface area contributed by atoms with Crippen molar-refractivity contribution in [3.63, 3.8) is 0 Å². The first-order chi connectivity index (χ1) is 19.7. The fraction of sp³-hybridized carbons (Fsp3) is 0.200. The molecular weight excluding hydrogens is 527 g/mol. The van der Waals surface area contributed by atoms with E-state index in [0.29, 0.717) is 41.4 Å². The standard InChI is InChI=1S/C30H27FN6O2S/c31-24-13-7-8-14-26(24)37-28(23-11-5-2-6-12-23)33-34-30(37)40-21-27-32-25(20-39-27)29(38)36-17-15-35(16-18-36)19-22-9-3-1-4-10-22/h1-14,20H,15-19,21H2. The summed E-state index contributed by atoms with van der Waals surface area (Å²) in [6.45, 7) is 3.75. The molecule has 0 aliphatic carbocycles. The van der Waals surface area contributed by atoms with E-state index in [2.05, 4.69) is 32.2 Å². The molecule has 5 aromatic rings. The smallest absolute Gasteiger partial charge is 0.275 e. The molecule has 40 heavy (non-hydrogen) atoms. The lowest BCUT2D eigenvalue weighted by Gasteiger charge is -2.34. The number of hydrogen-bond acceptors (Lipinski definition) is 7. The van der Waals surface area contributed by atoms with Crippen molar-refractivity contribution in [1.29, 1.82) is 0 Å². The van der Waals surface area contributed by atoms with E-state index in [0.717, 1.165) is 25.2 Å². The highest BCUT2D eigenvalue weighted by molar-refractivity contribution is 7.98. The summed E-state index contributed by atoms with van der Waals surface area (Å²) in [6.07, 6.45) is 1.41. The monoisotopic (exact) mass is 554 g/mol. The van der Waals surface area contributed by atoms with Crippen molar-refractivity contribution in [2.24, 2.45) is 0 Å². The summed E-state index contributed by atoms with van der Waals surface area (Å²) in [5.74, 6) is 0.706. The number of aromatic nitrogens is 4. The van der Waals surface area contributed by atoms with Crippen LogP contribution in [0.1, 0.15) is 21.9 Å². The van der Waals surface area contributed by atoms with Crippen LogP contribution in [-0.2, 0) is 12.3 Å². The predicted octanol–water partition coefficient (Wildman–Crippen LogP) is 5.31. The highest BCUT2D eigenvalue weighted by atomic mass is 32.2. The van der Waals surface area contributed by atoms with Crippen LogP contribution in [0.15, 0.2) is 101 Å². The summed E-state index contributed by atoms with van der Waals surface area (Å²) in [7, 11) is 0. The van der Waals surface area contributed by atoms with Crippen LogP contribution < -0.4 is 0 Å². The van der Waals surface area contributed by atoms with E-state index in [1.165, 1.54) is 29.7 Å². The Morgan fingerprint density at radius 1 is 0.875 bits per heavy atom. The Hall–Kier alpha value is -4.28. The molecule has 1 aliphatic heterocycles. The van der Waals surface area contributed by atoms with Crippen LogP contribution >= 0.6 is 11.8 Å². The molecule has 10 heteroatoms. The van der Waals surface area contributed by atoms with Crippen molar-refractivity contribution >= 4 is 17.7 Å². The second-order valence-corrected chi connectivity index (χ2v) is 10.4. The molecule has 0 unspecified atom stereocenters. The number of nitrogens with zero attached hydrogens (tertiary/aromatic N) is 6. The summed E-state index contributed by atoms with van der Waals surface area (Å²) in [5, 5.41) is 9.18. The Morgan fingerprint density at radius 3 is 2.33 bits per heavy atom. The van der Waals surface area contributed by atoms with Gasteiger partial charge in [0, 0.05) is 38.3 Å². The van der Waals surface area contributed by atoms with Gasteiger partial charge in [-0.25, -0.2) is 9.37 Å². The minimum Gasteiger partial charge on any atom is -0.447 e. The molecule has 1 aliphatic rings. The van der Waals surface area contributed by atoms with E-state index in [1.54, 1.807) is 22.8 Å². The Labute approximate surface area is 235 Å². The molecule has 2 aromatic heterocycles. The van der Waals surface area contributed by atoms with E-state index >= 15 is 0 Å². The average molecular weight is 555 g/mol. The second kappa shape index (κ2) is 11.8. The molecule has 1 amide bonds. The van der Waals surface area contributed by atoms with E-state index < -0.39 is 0 Å². The van der Waals surface area contributed by atoms with Gasteiger partial charge >= 0.3 is 0 Å². The number of thioether (sulfide) groups is 1. The highest BCUT2D eigenvalue weighted by Crippen LogP contribution is 2.30. The van der Waals surface area contributed by atoms with Crippen LogP contribution in [-0.4, -0.2) is 61.6 Å². The van der Waals surface area contributed by atoms with Gasteiger partial charge < -0.3 is 9.32 Å². The number of carbonyl (C=O) groups is 1. The van der Waals surface area contributed by atoms with Gasteiger partial charge in [0.25, 0.3) is 5.91 Å². The zero-order valence-corrected chi connectivity index (χ0v) is 22.5. The molecule has 6 rings (SSSR count). The van der Waals surface area contributed by atoms with Crippen LogP contribution in [0, 0.1) is 5.82 Å². The predicted molar refractivity (Wildman–Crippen MR) is 150 cm³/mol. The van der Waals surface area contributed by atoms with Crippen molar-refractivity contribution in [3.05, 3.63) is 114 Å². The zero-order valence-electron chi connectivity index (χ0n) is 21.7. The van der Waals surface area contributed by atoms with Gasteiger partial charge in [-0.15, -0.1) is 10.2 Å². The van der Waals surface area contributed by atoms with E-state index in [1.807, 2.05) is 53.4 Å². The van der Waals surface area contributed by atoms with Gasteiger partial charge in [0.15, 0.2) is 16.7 Å². The first-order valence-electron chi connectivity index (χ1n) is 13.0. The lowest BCUT2D eigenvalue weighted by Crippen LogP contribution is -2.48. The molecule has 1 fully saturated rings. The SMILES string of the molecule is O=C(c1coc(CSc2nnc(-c3ccccc3)n2-c2ccccc2F)n1)N1CCN(Cc2ccccc2)CC1. The Bertz CT molecular complexity index is 1580. The fourth-order valence-electron chi connectivity index (χ4n) is 4.70. The van der Waals surface area contributed by atoms with Crippen LogP contribution in [0.4, 0.5) is 4.39 Å². The molecule has 0 atom stereocenters. The normalized spacial score (nSPS) is 14.0. The molecule has 0 saturated carbocycles. The van der Waals surface area contributed by atoms with Crippen molar-refractivity contribution < 1.29 is 13.6 Å². The maximum atomic E-state index is 14.8. The zero-order chi connectivity index (χ0) is 27.3. The lowest BCUT2D eigenvalue weighted by atomic mass is 10.2. The van der Waals surface area contributed by atoms with Gasteiger partial charge in [-0.1, -0.05) is 84.6 Å². The molecule has 0 spiro atoms. The first-order valence-corrected chi connectivity index (χ1v) is 14.0. The summed E-state index contributed by atoms with van der Waals surface area (Å²) in [5.41, 5.74) is 2.72. The maximum absolute atomic E-state index is 14.8. The molecule has 0 N–H and O–H groups in total. The van der Waals surface area contributed by atoms with Gasteiger partial charge in [-0.3, -0.25) is 14.3 Å². The third-order valence-electron chi connectivity index (χ3n) is 6.76. The molecule has 1 saturated heterocycles. The number of piperazine rings is 1. The number of hydrogen-bond donors (Lipinski definition) is 0. The number of para-hydroxylation sites is 1. The summed E-state index contributed by atoms with van der Waals surface area (Å²) in [6, 6.07) is 26.4. The Balaban J connectivity index is 1.12. The number of amides is 1. The lowest BCUT2D eigenvalue weighted by molar-refractivity contribution is 0.0622. The van der Waals surface area contributed by atoms with Crippen LogP contribution in [0.3, 0.4) is 0 Å². The number of oxazole rings is 1. The summed E-state index contributed by atoms with van der Waals surface area (Å²) >= 11 is 1.32. The number of rotatable bonds is 8. The minimum absolute atomic E-state index is 0.139. The fourth-order valence-corrected chi connectivity index (χ4v) is 5.50. The van der Waals surface area contributed by atoms with Gasteiger partial charge in [-0.2, -0.15) is 0 Å². The van der Waals surface area contributed by atoms with Gasteiger partial charge in [-0.05, 0) is 17.7 Å². The van der Waals surface area contributed by atoms with Crippen LogP contribution in [0.25, 0.3) is 17.1 Å². The molecular formula is C30H27FN6O2S. The topological polar surface area (TPSA) is 80.3 Å².